The minimum absolute atomic E-state index is 0.185. The highest BCUT2D eigenvalue weighted by atomic mass is 35.5. The highest BCUT2D eigenvalue weighted by Crippen LogP contribution is 2.06. The zero-order chi connectivity index (χ0) is 6.53. The van der Waals surface area contributed by atoms with Gasteiger partial charge in [0.25, 0.3) is 0 Å². The lowest BCUT2D eigenvalue weighted by molar-refractivity contribution is 0.387. The van der Waals surface area contributed by atoms with Crippen LogP contribution < -0.4 is 4.74 Å². The van der Waals surface area contributed by atoms with Crippen LogP contribution in [0.15, 0.2) is 24.5 Å². The summed E-state index contributed by atoms with van der Waals surface area (Å²) in [5, 5.41) is 0. The summed E-state index contributed by atoms with van der Waals surface area (Å²) in [6.07, 6.45) is 3.31. The lowest BCUT2D eigenvalue weighted by atomic mass is 10.5. The van der Waals surface area contributed by atoms with Crippen molar-refractivity contribution >= 4 is 11.6 Å². The van der Waals surface area contributed by atoms with E-state index in [0.29, 0.717) is 0 Å². The van der Waals surface area contributed by atoms with Crippen molar-refractivity contribution in [2.45, 2.75) is 0 Å². The van der Waals surface area contributed by atoms with E-state index in [9.17, 15) is 0 Å². The number of nitrogens with zero attached hydrogens (tertiary/aromatic N) is 1. The maximum absolute atomic E-state index is 5.29. The molecule has 1 aromatic heterocycles. The molecule has 48 valence electrons. The second kappa shape index (κ2) is 3.30. The molecule has 0 saturated heterocycles. The molecule has 3 heteroatoms. The van der Waals surface area contributed by atoms with Crippen molar-refractivity contribution in [1.29, 1.82) is 0 Å². The van der Waals surface area contributed by atoms with Gasteiger partial charge < -0.3 is 4.74 Å². The first-order valence-corrected chi connectivity index (χ1v) is 3.05. The Morgan fingerprint density at radius 2 is 2.11 bits per heavy atom. The summed E-state index contributed by atoms with van der Waals surface area (Å²) < 4.78 is 4.93. The molecule has 1 rings (SSSR count). The molecule has 0 fully saturated rings. The molecule has 0 bridgehead atoms. The Labute approximate surface area is 58.4 Å². The average molecular weight is 144 g/mol. The molecule has 0 spiro atoms. The van der Waals surface area contributed by atoms with Crippen LogP contribution in [-0.2, 0) is 0 Å². The molecule has 0 aliphatic heterocycles. The van der Waals surface area contributed by atoms with Crippen molar-refractivity contribution in [3.63, 3.8) is 0 Å². The minimum Gasteiger partial charge on any atom is -0.478 e. The molecule has 0 atom stereocenters. The van der Waals surface area contributed by atoms with Crippen molar-refractivity contribution in [2.24, 2.45) is 0 Å². The van der Waals surface area contributed by atoms with E-state index in [4.69, 9.17) is 16.3 Å². The molecule has 0 N–H and O–H groups in total. The van der Waals surface area contributed by atoms with Gasteiger partial charge in [0.1, 0.15) is 5.75 Å². The van der Waals surface area contributed by atoms with Crippen LogP contribution in [0.25, 0.3) is 0 Å². The van der Waals surface area contributed by atoms with Crippen LogP contribution in [0.5, 0.6) is 5.75 Å². The van der Waals surface area contributed by atoms with Crippen LogP contribution in [-0.4, -0.2) is 11.1 Å². The number of pyridine rings is 1. The smallest absolute Gasteiger partial charge is 0.162 e. The van der Waals surface area contributed by atoms with E-state index in [1.165, 1.54) is 0 Å². The van der Waals surface area contributed by atoms with Crippen molar-refractivity contribution in [2.75, 3.05) is 6.07 Å². The quantitative estimate of drug-likeness (QED) is 0.588. The highest BCUT2D eigenvalue weighted by Gasteiger charge is 1.85. The molecular weight excluding hydrogens is 138 g/mol. The fourth-order valence-corrected chi connectivity index (χ4v) is 0.623. The monoisotopic (exact) mass is 143 g/mol. The van der Waals surface area contributed by atoms with Crippen LogP contribution in [0.3, 0.4) is 0 Å². The van der Waals surface area contributed by atoms with Gasteiger partial charge in [-0.1, -0.05) is 11.6 Å². The number of rotatable bonds is 2. The SMILES string of the molecule is ClCOc1ccncc1. The first kappa shape index (κ1) is 6.36. The fraction of sp³-hybridized carbons (Fsp3) is 0.167. The van der Waals surface area contributed by atoms with Crippen LogP contribution in [0, 0.1) is 0 Å². The molecule has 0 aromatic carbocycles. The average Bonchev–Trinajstić information content (AvgIpc) is 1.91. The predicted molar refractivity (Wildman–Crippen MR) is 35.6 cm³/mol. The molecule has 2 nitrogen and oxygen atoms in total. The maximum Gasteiger partial charge on any atom is 0.162 e. The molecular formula is C6H6ClNO. The molecule has 0 saturated carbocycles. The Morgan fingerprint density at radius 3 is 2.67 bits per heavy atom. The van der Waals surface area contributed by atoms with Gasteiger partial charge in [-0.3, -0.25) is 4.98 Å². The number of hydrogen-bond donors (Lipinski definition) is 0. The summed E-state index contributed by atoms with van der Waals surface area (Å²) in [5.41, 5.74) is 0. The summed E-state index contributed by atoms with van der Waals surface area (Å²) in [5.74, 6) is 0.750. The summed E-state index contributed by atoms with van der Waals surface area (Å²) in [7, 11) is 0. The zero-order valence-electron chi connectivity index (χ0n) is 4.75. The first-order chi connectivity index (χ1) is 4.43. The van der Waals surface area contributed by atoms with Gasteiger partial charge >= 0.3 is 0 Å². The molecule has 0 amide bonds. The van der Waals surface area contributed by atoms with Gasteiger partial charge in [0.15, 0.2) is 6.07 Å². The standard InChI is InChI=1S/C6H6ClNO/c7-5-9-6-1-3-8-4-2-6/h1-4H,5H2. The Morgan fingerprint density at radius 1 is 1.44 bits per heavy atom. The van der Waals surface area contributed by atoms with Gasteiger partial charge in [-0.25, -0.2) is 0 Å². The predicted octanol–water partition coefficient (Wildman–Crippen LogP) is 1.66. The van der Waals surface area contributed by atoms with Crippen LogP contribution >= 0.6 is 11.6 Å². The van der Waals surface area contributed by atoms with Crippen LogP contribution in [0.2, 0.25) is 0 Å². The van der Waals surface area contributed by atoms with Crippen molar-refractivity contribution in [3.05, 3.63) is 24.5 Å². The third-order valence-corrected chi connectivity index (χ3v) is 0.980. The van der Waals surface area contributed by atoms with Gasteiger partial charge in [-0.05, 0) is 12.1 Å². The van der Waals surface area contributed by atoms with E-state index in [-0.39, 0.29) is 6.07 Å². The molecule has 1 aromatic rings. The summed E-state index contributed by atoms with van der Waals surface area (Å²) in [6.45, 7) is 0. The topological polar surface area (TPSA) is 22.1 Å². The van der Waals surface area contributed by atoms with Gasteiger partial charge in [-0.2, -0.15) is 0 Å². The highest BCUT2D eigenvalue weighted by molar-refractivity contribution is 6.17. The Balaban J connectivity index is 2.61. The van der Waals surface area contributed by atoms with E-state index < -0.39 is 0 Å². The Bertz CT molecular complexity index is 166. The largest absolute Gasteiger partial charge is 0.478 e. The molecule has 9 heavy (non-hydrogen) atoms. The van der Waals surface area contributed by atoms with Gasteiger partial charge in [-0.15, -0.1) is 0 Å². The van der Waals surface area contributed by atoms with Crippen molar-refractivity contribution < 1.29 is 4.74 Å². The van der Waals surface area contributed by atoms with E-state index in [0.717, 1.165) is 5.75 Å². The third kappa shape index (κ3) is 1.90. The van der Waals surface area contributed by atoms with Crippen LogP contribution in [0.1, 0.15) is 0 Å². The summed E-state index contributed by atoms with van der Waals surface area (Å²) in [4.78, 5) is 3.80. The molecule has 0 aliphatic rings. The van der Waals surface area contributed by atoms with E-state index in [2.05, 4.69) is 4.98 Å². The number of ether oxygens (including phenoxy) is 1. The second-order valence-electron chi connectivity index (χ2n) is 1.44. The molecule has 0 radical (unpaired) electrons. The maximum atomic E-state index is 5.29. The molecule has 0 aliphatic carbocycles. The fourth-order valence-electron chi connectivity index (χ4n) is 0.497. The van der Waals surface area contributed by atoms with Gasteiger partial charge in [0, 0.05) is 12.4 Å². The minimum atomic E-state index is 0.185. The van der Waals surface area contributed by atoms with Gasteiger partial charge in [0.2, 0.25) is 0 Å². The van der Waals surface area contributed by atoms with E-state index >= 15 is 0 Å². The Hall–Kier alpha value is -0.760. The normalized spacial score (nSPS) is 9.00. The number of hydrogen-bond acceptors (Lipinski definition) is 2. The number of alkyl halides is 1. The second-order valence-corrected chi connectivity index (χ2v) is 1.65. The zero-order valence-corrected chi connectivity index (χ0v) is 5.51. The van der Waals surface area contributed by atoms with Crippen LogP contribution in [0.4, 0.5) is 0 Å². The lowest BCUT2D eigenvalue weighted by Crippen LogP contribution is -1.87. The number of halogens is 1. The molecule has 1 heterocycles. The molecule has 0 unspecified atom stereocenters. The third-order valence-electron chi connectivity index (χ3n) is 0.871. The van der Waals surface area contributed by atoms with Gasteiger partial charge in [0.05, 0.1) is 0 Å². The van der Waals surface area contributed by atoms with E-state index in [1.807, 2.05) is 0 Å². The number of aromatic nitrogens is 1. The first-order valence-electron chi connectivity index (χ1n) is 2.52. The van der Waals surface area contributed by atoms with E-state index in [1.54, 1.807) is 24.5 Å². The lowest BCUT2D eigenvalue weighted by Gasteiger charge is -1.97. The van der Waals surface area contributed by atoms with Crippen molar-refractivity contribution in [3.8, 4) is 5.75 Å². The summed E-state index contributed by atoms with van der Waals surface area (Å²) in [6, 6.07) is 3.69. The Kier molecular flexibility index (Phi) is 2.33. The summed E-state index contributed by atoms with van der Waals surface area (Å²) >= 11 is 5.29. The van der Waals surface area contributed by atoms with Crippen molar-refractivity contribution in [1.82, 2.24) is 4.98 Å².